The third kappa shape index (κ3) is 4.46. The van der Waals surface area contributed by atoms with Gasteiger partial charge in [0.15, 0.2) is 0 Å². The monoisotopic (exact) mass is 430 g/mol. The van der Waals surface area contributed by atoms with Gasteiger partial charge in [0.25, 0.3) is 5.91 Å². The number of rotatable bonds is 5. The third-order valence-electron chi connectivity index (χ3n) is 4.04. The second-order valence-electron chi connectivity index (χ2n) is 6.42. The lowest BCUT2D eigenvalue weighted by atomic mass is 10.2. The Hall–Kier alpha value is -2.87. The third-order valence-corrected chi connectivity index (χ3v) is 4.57. The summed E-state index contributed by atoms with van der Waals surface area (Å²) in [6, 6.07) is 8.55. The minimum atomic E-state index is -0.611. The van der Waals surface area contributed by atoms with Gasteiger partial charge in [0.2, 0.25) is 5.91 Å². The van der Waals surface area contributed by atoms with E-state index in [0.717, 1.165) is 14.9 Å². The zero-order chi connectivity index (χ0) is 19.6. The van der Waals surface area contributed by atoms with Gasteiger partial charge in [-0.2, -0.15) is 0 Å². The Morgan fingerprint density at radius 2 is 1.93 bits per heavy atom. The molecule has 0 aliphatic carbocycles. The van der Waals surface area contributed by atoms with E-state index in [-0.39, 0.29) is 12.2 Å². The molecule has 0 unspecified atom stereocenters. The highest BCUT2D eigenvalue weighted by molar-refractivity contribution is 9.10. The van der Waals surface area contributed by atoms with Crippen LogP contribution < -0.4 is 10.6 Å². The van der Waals surface area contributed by atoms with E-state index in [0.29, 0.717) is 11.7 Å². The van der Waals surface area contributed by atoms with Crippen molar-refractivity contribution in [1.29, 1.82) is 0 Å². The maximum atomic E-state index is 12.5. The van der Waals surface area contributed by atoms with Gasteiger partial charge in [-0.05, 0) is 55.8 Å². The number of hydrogen-bond donors (Lipinski definition) is 2. The molecule has 0 bridgehead atoms. The van der Waals surface area contributed by atoms with Crippen molar-refractivity contribution < 1.29 is 14.4 Å². The smallest absolute Gasteiger partial charge is 0.329 e. The molecule has 1 fully saturated rings. The molecule has 8 heteroatoms. The Bertz CT molecular complexity index is 915. The molecule has 1 aromatic heterocycles. The molecule has 27 heavy (non-hydrogen) atoms. The molecule has 0 radical (unpaired) electrons. The first-order valence-corrected chi connectivity index (χ1v) is 9.20. The Morgan fingerprint density at radius 3 is 2.56 bits per heavy atom. The van der Waals surface area contributed by atoms with Crippen LogP contribution in [0, 0.1) is 0 Å². The van der Waals surface area contributed by atoms with Crippen LogP contribution in [-0.2, 0) is 9.59 Å². The quantitative estimate of drug-likeness (QED) is 0.563. The average molecular weight is 431 g/mol. The summed E-state index contributed by atoms with van der Waals surface area (Å²) in [7, 11) is 0. The zero-order valence-electron chi connectivity index (χ0n) is 14.9. The second-order valence-corrected chi connectivity index (χ2v) is 7.34. The summed E-state index contributed by atoms with van der Waals surface area (Å²) in [5.74, 6) is -0.976. The fourth-order valence-corrected chi connectivity index (χ4v) is 2.86. The number of aromatic nitrogens is 1. The highest BCUT2D eigenvalue weighted by Crippen LogP contribution is 2.17. The number of halogens is 1. The number of hydrogen-bond acceptors (Lipinski definition) is 3. The molecule has 140 valence electrons. The molecule has 0 atom stereocenters. The van der Waals surface area contributed by atoms with Gasteiger partial charge in [0.1, 0.15) is 12.2 Å². The van der Waals surface area contributed by atoms with Crippen molar-refractivity contribution in [1.82, 2.24) is 14.8 Å². The number of amides is 4. The maximum absolute atomic E-state index is 12.5. The van der Waals surface area contributed by atoms with Crippen LogP contribution in [0.4, 0.5) is 10.5 Å². The van der Waals surface area contributed by atoms with E-state index in [1.807, 2.05) is 36.9 Å². The highest BCUT2D eigenvalue weighted by atomic mass is 79.9. The Balaban J connectivity index is 1.67. The molecule has 1 saturated heterocycles. The van der Waals surface area contributed by atoms with Gasteiger partial charge >= 0.3 is 6.03 Å². The van der Waals surface area contributed by atoms with Gasteiger partial charge in [-0.25, -0.2) is 9.69 Å². The standard InChI is InChI=1S/C19H19BrN4O3/c1-12(2)23-8-7-13(10-23)9-16-18(26)24(19(27)22-16)11-17(25)21-15-5-3-14(20)4-6-15/h3-10,12H,11H2,1-2H3,(H,21,25)(H,22,27)/b16-9+. The van der Waals surface area contributed by atoms with Crippen LogP contribution in [0.5, 0.6) is 0 Å². The van der Waals surface area contributed by atoms with Gasteiger partial charge in [-0.15, -0.1) is 0 Å². The fraction of sp³-hybridized carbons (Fsp3) is 0.211. The molecule has 0 spiro atoms. The number of carbonyl (C=O) groups is 3. The SMILES string of the molecule is CC(C)n1ccc(/C=C2/NC(=O)N(CC(=O)Nc3ccc(Br)cc3)C2=O)c1. The van der Waals surface area contributed by atoms with Crippen LogP contribution in [0.15, 0.2) is 52.9 Å². The Morgan fingerprint density at radius 1 is 1.22 bits per heavy atom. The summed E-state index contributed by atoms with van der Waals surface area (Å²) in [6.07, 6.45) is 5.40. The molecule has 1 aliphatic heterocycles. The average Bonchev–Trinajstić information content (AvgIpc) is 3.18. The number of benzene rings is 1. The molecule has 7 nitrogen and oxygen atoms in total. The summed E-state index contributed by atoms with van der Waals surface area (Å²) in [4.78, 5) is 37.6. The molecule has 4 amide bonds. The van der Waals surface area contributed by atoms with E-state index in [1.54, 1.807) is 30.3 Å². The summed E-state index contributed by atoms with van der Waals surface area (Å²) in [5, 5.41) is 5.18. The lowest BCUT2D eigenvalue weighted by Gasteiger charge is -2.12. The van der Waals surface area contributed by atoms with Crippen molar-refractivity contribution in [2.24, 2.45) is 0 Å². The van der Waals surface area contributed by atoms with E-state index in [9.17, 15) is 14.4 Å². The number of urea groups is 1. The molecular weight excluding hydrogens is 412 g/mol. The van der Waals surface area contributed by atoms with E-state index in [1.165, 1.54) is 0 Å². The van der Waals surface area contributed by atoms with Gasteiger partial charge in [0.05, 0.1) is 0 Å². The van der Waals surface area contributed by atoms with Crippen LogP contribution in [0.1, 0.15) is 25.5 Å². The fourth-order valence-electron chi connectivity index (χ4n) is 2.60. The van der Waals surface area contributed by atoms with E-state index in [2.05, 4.69) is 26.6 Å². The van der Waals surface area contributed by atoms with E-state index >= 15 is 0 Å². The first kappa shape index (κ1) is 18.9. The number of carbonyl (C=O) groups excluding carboxylic acids is 3. The molecule has 1 aromatic carbocycles. The summed E-state index contributed by atoms with van der Waals surface area (Å²) >= 11 is 3.32. The van der Waals surface area contributed by atoms with Crippen molar-refractivity contribution in [3.05, 3.63) is 58.5 Å². The van der Waals surface area contributed by atoms with E-state index < -0.39 is 17.8 Å². The van der Waals surface area contributed by atoms with Crippen LogP contribution >= 0.6 is 15.9 Å². The van der Waals surface area contributed by atoms with Gasteiger partial charge in [0, 0.05) is 28.6 Å². The summed E-state index contributed by atoms with van der Waals surface area (Å²) in [5.41, 5.74) is 1.53. The van der Waals surface area contributed by atoms with Gasteiger partial charge in [-0.3, -0.25) is 9.59 Å². The van der Waals surface area contributed by atoms with Gasteiger partial charge < -0.3 is 15.2 Å². The molecule has 2 heterocycles. The van der Waals surface area contributed by atoms with Crippen molar-refractivity contribution in [3.63, 3.8) is 0 Å². The van der Waals surface area contributed by atoms with Crippen molar-refractivity contribution in [2.45, 2.75) is 19.9 Å². The lowest BCUT2D eigenvalue weighted by molar-refractivity contribution is -0.127. The lowest BCUT2D eigenvalue weighted by Crippen LogP contribution is -2.38. The minimum absolute atomic E-state index is 0.151. The molecular formula is C19H19BrN4O3. The largest absolute Gasteiger partial charge is 0.351 e. The first-order valence-electron chi connectivity index (χ1n) is 8.41. The summed E-state index contributed by atoms with van der Waals surface area (Å²) in [6.45, 7) is 3.74. The van der Waals surface area contributed by atoms with Crippen LogP contribution in [0.25, 0.3) is 6.08 Å². The number of anilines is 1. The predicted molar refractivity (Wildman–Crippen MR) is 106 cm³/mol. The molecule has 2 N–H and O–H groups in total. The molecule has 1 aliphatic rings. The van der Waals surface area contributed by atoms with Crippen LogP contribution in [0.3, 0.4) is 0 Å². The molecule has 0 saturated carbocycles. The Kier molecular flexibility index (Phi) is 5.46. The number of imide groups is 1. The first-order chi connectivity index (χ1) is 12.8. The normalized spacial score (nSPS) is 15.6. The maximum Gasteiger partial charge on any atom is 0.329 e. The molecule has 2 aromatic rings. The zero-order valence-corrected chi connectivity index (χ0v) is 16.5. The predicted octanol–water partition coefficient (Wildman–Crippen LogP) is 3.36. The van der Waals surface area contributed by atoms with Crippen LogP contribution in [-0.4, -0.2) is 33.9 Å². The van der Waals surface area contributed by atoms with E-state index in [4.69, 9.17) is 0 Å². The second kappa shape index (κ2) is 7.79. The van der Waals surface area contributed by atoms with Crippen molar-refractivity contribution in [2.75, 3.05) is 11.9 Å². The number of nitrogens with zero attached hydrogens (tertiary/aromatic N) is 2. The molecule has 3 rings (SSSR count). The summed E-state index contributed by atoms with van der Waals surface area (Å²) < 4.78 is 2.88. The Labute approximate surface area is 165 Å². The van der Waals surface area contributed by atoms with Crippen molar-refractivity contribution >= 4 is 45.5 Å². The van der Waals surface area contributed by atoms with Gasteiger partial charge in [-0.1, -0.05) is 15.9 Å². The van der Waals surface area contributed by atoms with Crippen LogP contribution in [0.2, 0.25) is 0 Å². The van der Waals surface area contributed by atoms with Crippen molar-refractivity contribution in [3.8, 4) is 0 Å². The number of nitrogens with one attached hydrogen (secondary N) is 2. The highest BCUT2D eigenvalue weighted by Gasteiger charge is 2.34. The minimum Gasteiger partial charge on any atom is -0.351 e. The topological polar surface area (TPSA) is 83.4 Å².